The van der Waals surface area contributed by atoms with E-state index in [0.717, 1.165) is 38.6 Å². The number of nitrogens with zero attached hydrogens (tertiary/aromatic N) is 2. The van der Waals surface area contributed by atoms with E-state index in [0.29, 0.717) is 12.6 Å². The predicted molar refractivity (Wildman–Crippen MR) is 108 cm³/mol. The number of nitrogens with one attached hydrogen (secondary N) is 2. The Morgan fingerprint density at radius 1 is 1.30 bits per heavy atom. The van der Waals surface area contributed by atoms with Gasteiger partial charge in [-0.25, -0.2) is 0 Å². The van der Waals surface area contributed by atoms with Gasteiger partial charge in [-0.15, -0.1) is 24.0 Å². The summed E-state index contributed by atoms with van der Waals surface area (Å²) < 4.78 is 5.31. The van der Waals surface area contributed by atoms with Gasteiger partial charge in [-0.3, -0.25) is 4.99 Å². The molecule has 5 nitrogen and oxygen atoms in total. The van der Waals surface area contributed by atoms with Gasteiger partial charge in [0, 0.05) is 45.0 Å². The van der Waals surface area contributed by atoms with Crippen LogP contribution in [0.15, 0.2) is 29.3 Å². The minimum absolute atomic E-state index is 0. The van der Waals surface area contributed by atoms with E-state index >= 15 is 0 Å². The normalized spacial score (nSPS) is 16.7. The first-order valence-electron chi connectivity index (χ1n) is 8.13. The van der Waals surface area contributed by atoms with Gasteiger partial charge in [0.05, 0.1) is 6.61 Å². The Kier molecular flexibility index (Phi) is 9.31. The van der Waals surface area contributed by atoms with Crippen molar-refractivity contribution in [1.29, 1.82) is 0 Å². The van der Waals surface area contributed by atoms with Gasteiger partial charge in [-0.2, -0.15) is 0 Å². The monoisotopic (exact) mass is 432 g/mol. The summed E-state index contributed by atoms with van der Waals surface area (Å²) in [6.07, 6.45) is 1.14. The number of hydrogen-bond acceptors (Lipinski definition) is 3. The van der Waals surface area contributed by atoms with Gasteiger partial charge in [-0.1, -0.05) is 18.2 Å². The minimum Gasteiger partial charge on any atom is -0.380 e. The van der Waals surface area contributed by atoms with Crippen molar-refractivity contribution in [2.24, 2.45) is 4.99 Å². The first kappa shape index (κ1) is 20.0. The van der Waals surface area contributed by atoms with Crippen LogP contribution in [0.1, 0.15) is 19.4 Å². The molecule has 0 radical (unpaired) electrons. The molecule has 23 heavy (non-hydrogen) atoms. The number of benzene rings is 1. The first-order valence-corrected chi connectivity index (χ1v) is 8.13. The first-order chi connectivity index (χ1) is 10.8. The van der Waals surface area contributed by atoms with Crippen LogP contribution in [-0.4, -0.2) is 51.9 Å². The molecule has 0 spiro atoms. The topological polar surface area (TPSA) is 48.9 Å². The number of aliphatic imine (C=N–C) groups is 1. The number of para-hydroxylation sites is 1. The van der Waals surface area contributed by atoms with Crippen molar-refractivity contribution < 1.29 is 4.74 Å². The second-order valence-electron chi connectivity index (χ2n) is 5.50. The van der Waals surface area contributed by atoms with Crippen LogP contribution in [0.25, 0.3) is 0 Å². The number of hydrogen-bond donors (Lipinski definition) is 2. The van der Waals surface area contributed by atoms with Gasteiger partial charge < -0.3 is 20.3 Å². The molecule has 1 aliphatic rings. The van der Waals surface area contributed by atoms with E-state index in [2.05, 4.69) is 51.7 Å². The highest BCUT2D eigenvalue weighted by atomic mass is 127. The van der Waals surface area contributed by atoms with E-state index in [9.17, 15) is 0 Å². The molecule has 1 aromatic carbocycles. The molecule has 6 heteroatoms. The molecule has 1 aliphatic heterocycles. The Bertz CT molecular complexity index is 495. The molecule has 1 heterocycles. The largest absolute Gasteiger partial charge is 0.380 e. The van der Waals surface area contributed by atoms with Crippen LogP contribution in [0.5, 0.6) is 0 Å². The van der Waals surface area contributed by atoms with Crippen molar-refractivity contribution >= 4 is 35.6 Å². The van der Waals surface area contributed by atoms with Gasteiger partial charge >= 0.3 is 0 Å². The standard InChI is InChI=1S/C17H28N4O.HI/c1-4-22-12-10-20-17(18-3)19-9-11-21-14(2)13-15-7-5-6-8-16(15)21;/h5-8,14H,4,9-13H2,1-3H3,(H2,18,19,20);1H. The highest BCUT2D eigenvalue weighted by Crippen LogP contribution is 2.30. The van der Waals surface area contributed by atoms with E-state index in [1.807, 2.05) is 6.92 Å². The fourth-order valence-electron chi connectivity index (χ4n) is 2.87. The average molecular weight is 432 g/mol. The highest BCUT2D eigenvalue weighted by molar-refractivity contribution is 14.0. The van der Waals surface area contributed by atoms with Crippen molar-refractivity contribution in [1.82, 2.24) is 10.6 Å². The molecule has 0 bridgehead atoms. The molecule has 0 saturated heterocycles. The zero-order chi connectivity index (χ0) is 15.8. The van der Waals surface area contributed by atoms with Crippen LogP contribution in [0.3, 0.4) is 0 Å². The maximum Gasteiger partial charge on any atom is 0.191 e. The molecular formula is C17H29IN4O. The van der Waals surface area contributed by atoms with Gasteiger partial charge in [0.1, 0.15) is 0 Å². The third-order valence-corrected chi connectivity index (χ3v) is 3.96. The van der Waals surface area contributed by atoms with Gasteiger partial charge in [-0.05, 0) is 31.9 Å². The number of ether oxygens (including phenoxy) is 1. The summed E-state index contributed by atoms with van der Waals surface area (Å²) >= 11 is 0. The van der Waals surface area contributed by atoms with Crippen molar-refractivity contribution in [3.05, 3.63) is 29.8 Å². The van der Waals surface area contributed by atoms with Gasteiger partial charge in [0.25, 0.3) is 0 Å². The van der Waals surface area contributed by atoms with Crippen LogP contribution in [-0.2, 0) is 11.2 Å². The second kappa shape index (κ2) is 10.7. The molecule has 0 aromatic heterocycles. The number of rotatable bonds is 7. The van der Waals surface area contributed by atoms with E-state index in [1.54, 1.807) is 7.05 Å². The zero-order valence-corrected chi connectivity index (χ0v) is 16.7. The summed E-state index contributed by atoms with van der Waals surface area (Å²) in [5.74, 6) is 0.833. The second-order valence-corrected chi connectivity index (χ2v) is 5.50. The smallest absolute Gasteiger partial charge is 0.191 e. The van der Waals surface area contributed by atoms with E-state index in [-0.39, 0.29) is 24.0 Å². The zero-order valence-electron chi connectivity index (χ0n) is 14.3. The van der Waals surface area contributed by atoms with Gasteiger partial charge in [0.15, 0.2) is 5.96 Å². The molecule has 0 saturated carbocycles. The third-order valence-electron chi connectivity index (χ3n) is 3.96. The van der Waals surface area contributed by atoms with Crippen LogP contribution in [0, 0.1) is 0 Å². The molecule has 1 unspecified atom stereocenters. The minimum atomic E-state index is 0. The maximum absolute atomic E-state index is 5.31. The van der Waals surface area contributed by atoms with Crippen LogP contribution in [0.4, 0.5) is 5.69 Å². The van der Waals surface area contributed by atoms with Crippen molar-refractivity contribution in [2.75, 3.05) is 44.8 Å². The lowest BCUT2D eigenvalue weighted by molar-refractivity contribution is 0.152. The van der Waals surface area contributed by atoms with Gasteiger partial charge in [0.2, 0.25) is 0 Å². The van der Waals surface area contributed by atoms with E-state index in [1.165, 1.54) is 11.3 Å². The molecule has 2 N–H and O–H groups in total. The van der Waals surface area contributed by atoms with Crippen LogP contribution < -0.4 is 15.5 Å². The van der Waals surface area contributed by atoms with Crippen molar-refractivity contribution in [2.45, 2.75) is 26.3 Å². The van der Waals surface area contributed by atoms with E-state index < -0.39 is 0 Å². The van der Waals surface area contributed by atoms with Crippen LogP contribution >= 0.6 is 24.0 Å². The fourth-order valence-corrected chi connectivity index (χ4v) is 2.87. The fraction of sp³-hybridized carbons (Fsp3) is 0.588. The molecule has 0 fully saturated rings. The molecule has 0 aliphatic carbocycles. The van der Waals surface area contributed by atoms with Crippen molar-refractivity contribution in [3.63, 3.8) is 0 Å². The Morgan fingerprint density at radius 2 is 2.04 bits per heavy atom. The lowest BCUT2D eigenvalue weighted by Gasteiger charge is -2.25. The molecule has 2 rings (SSSR count). The summed E-state index contributed by atoms with van der Waals surface area (Å²) in [6, 6.07) is 9.25. The maximum atomic E-state index is 5.31. The Labute approximate surface area is 156 Å². The summed E-state index contributed by atoms with van der Waals surface area (Å²) in [7, 11) is 1.80. The number of halogens is 1. The summed E-state index contributed by atoms with van der Waals surface area (Å²) in [5.41, 5.74) is 2.82. The number of guanidine groups is 1. The lowest BCUT2D eigenvalue weighted by Crippen LogP contribution is -2.43. The Hall–Kier alpha value is -1.02. The van der Waals surface area contributed by atoms with E-state index in [4.69, 9.17) is 4.74 Å². The quantitative estimate of drug-likeness (QED) is 0.301. The molecule has 0 amide bonds. The molecule has 130 valence electrons. The lowest BCUT2D eigenvalue weighted by atomic mass is 10.1. The summed E-state index contributed by atoms with van der Waals surface area (Å²) in [6.45, 7) is 8.36. The van der Waals surface area contributed by atoms with Crippen molar-refractivity contribution in [3.8, 4) is 0 Å². The van der Waals surface area contributed by atoms with Crippen LogP contribution in [0.2, 0.25) is 0 Å². The Balaban J connectivity index is 0.00000264. The SMILES string of the molecule is CCOCCNC(=NC)NCCN1c2ccccc2CC1C.I. The Morgan fingerprint density at radius 3 is 2.78 bits per heavy atom. The highest BCUT2D eigenvalue weighted by Gasteiger charge is 2.24. The molecular weight excluding hydrogens is 403 g/mol. The average Bonchev–Trinajstić information content (AvgIpc) is 2.85. The number of anilines is 1. The molecule has 1 atom stereocenters. The molecule has 1 aromatic rings. The summed E-state index contributed by atoms with van der Waals surface area (Å²) in [4.78, 5) is 6.70. The number of fused-ring (bicyclic) bond motifs is 1. The summed E-state index contributed by atoms with van der Waals surface area (Å²) in [5, 5.41) is 6.62. The predicted octanol–water partition coefficient (Wildman–Crippen LogP) is 2.26. The third kappa shape index (κ3) is 5.84.